The van der Waals surface area contributed by atoms with Crippen molar-refractivity contribution in [1.29, 1.82) is 0 Å². The summed E-state index contributed by atoms with van der Waals surface area (Å²) >= 11 is 6.52. The lowest BCUT2D eigenvalue weighted by Gasteiger charge is -2.38. The number of halogens is 1. The summed E-state index contributed by atoms with van der Waals surface area (Å²) in [6.07, 6.45) is 1.98. The molecule has 3 aromatic carbocycles. The zero-order valence-electron chi connectivity index (χ0n) is 23.3. The Kier molecular flexibility index (Phi) is 9.19. The van der Waals surface area contributed by atoms with E-state index in [0.717, 1.165) is 29.5 Å². The third-order valence-corrected chi connectivity index (χ3v) is 7.81. The molecule has 0 radical (unpaired) electrons. The molecule has 1 atom stereocenters. The summed E-state index contributed by atoms with van der Waals surface area (Å²) in [5.74, 6) is -0.890. The van der Waals surface area contributed by atoms with Crippen LogP contribution < -0.4 is 15.5 Å². The van der Waals surface area contributed by atoms with Crippen molar-refractivity contribution in [3.63, 3.8) is 0 Å². The molecule has 1 aliphatic carbocycles. The van der Waals surface area contributed by atoms with Crippen molar-refractivity contribution in [2.45, 2.75) is 44.5 Å². The van der Waals surface area contributed by atoms with Crippen LogP contribution in [0.25, 0.3) is 0 Å². The van der Waals surface area contributed by atoms with Gasteiger partial charge in [-0.2, -0.15) is 0 Å². The summed E-state index contributed by atoms with van der Waals surface area (Å²) in [5, 5.41) is 6.23. The Bertz CT molecular complexity index is 1460. The SMILES string of the molecule is CNC(=O)Cc1ccc(Cl)c(CN(C(=O)[C@H]2CNCC(=O)N2c2ccc(COC(=O)c3ccccc3)cc2)C2CC2)c1. The predicted molar refractivity (Wildman–Crippen MR) is 159 cm³/mol. The van der Waals surface area contributed by atoms with Crippen LogP contribution in [0.3, 0.4) is 0 Å². The molecule has 218 valence electrons. The summed E-state index contributed by atoms with van der Waals surface area (Å²) in [6.45, 7) is 0.806. The van der Waals surface area contributed by atoms with Crippen LogP contribution in [-0.2, 0) is 38.7 Å². The molecule has 1 heterocycles. The van der Waals surface area contributed by atoms with Crippen LogP contribution >= 0.6 is 11.6 Å². The number of benzene rings is 3. The number of nitrogens with zero attached hydrogens (tertiary/aromatic N) is 2. The second-order valence-electron chi connectivity index (χ2n) is 10.5. The van der Waals surface area contributed by atoms with Crippen molar-refractivity contribution in [1.82, 2.24) is 15.5 Å². The first-order chi connectivity index (χ1) is 20.3. The molecule has 0 bridgehead atoms. The number of amides is 3. The Balaban J connectivity index is 1.31. The van der Waals surface area contributed by atoms with Gasteiger partial charge in [0.15, 0.2) is 0 Å². The molecule has 3 aromatic rings. The number of rotatable bonds is 10. The lowest BCUT2D eigenvalue weighted by molar-refractivity contribution is -0.136. The molecule has 1 saturated heterocycles. The third kappa shape index (κ3) is 6.98. The van der Waals surface area contributed by atoms with Crippen molar-refractivity contribution in [2.24, 2.45) is 0 Å². The number of hydrogen-bond acceptors (Lipinski definition) is 6. The average Bonchev–Trinajstić information content (AvgIpc) is 3.86. The molecule has 9 nitrogen and oxygen atoms in total. The average molecular weight is 589 g/mol. The van der Waals surface area contributed by atoms with E-state index in [-0.39, 0.29) is 49.9 Å². The largest absolute Gasteiger partial charge is 0.457 e. The summed E-state index contributed by atoms with van der Waals surface area (Å²) < 4.78 is 5.42. The Hall–Kier alpha value is -4.21. The highest BCUT2D eigenvalue weighted by Crippen LogP contribution is 2.32. The van der Waals surface area contributed by atoms with E-state index in [0.29, 0.717) is 22.8 Å². The molecule has 0 spiro atoms. The number of carbonyl (C=O) groups is 4. The number of piperazine rings is 1. The highest BCUT2D eigenvalue weighted by molar-refractivity contribution is 6.31. The molecule has 2 fully saturated rings. The Morgan fingerprint density at radius 2 is 1.74 bits per heavy atom. The van der Waals surface area contributed by atoms with E-state index >= 15 is 0 Å². The highest BCUT2D eigenvalue weighted by atomic mass is 35.5. The topological polar surface area (TPSA) is 108 Å². The van der Waals surface area contributed by atoms with Crippen LogP contribution in [0.2, 0.25) is 5.02 Å². The van der Waals surface area contributed by atoms with Crippen LogP contribution in [0.15, 0.2) is 72.8 Å². The van der Waals surface area contributed by atoms with Gasteiger partial charge in [-0.15, -0.1) is 0 Å². The molecule has 2 aliphatic rings. The minimum Gasteiger partial charge on any atom is -0.457 e. The molecule has 3 amide bonds. The smallest absolute Gasteiger partial charge is 0.338 e. The van der Waals surface area contributed by atoms with Crippen LogP contribution in [0.5, 0.6) is 0 Å². The van der Waals surface area contributed by atoms with Gasteiger partial charge in [-0.3, -0.25) is 19.3 Å². The molecule has 42 heavy (non-hydrogen) atoms. The van der Waals surface area contributed by atoms with Gasteiger partial charge in [0.2, 0.25) is 17.7 Å². The number of likely N-dealkylation sites (N-methyl/N-ethyl adjacent to an activating group) is 1. The van der Waals surface area contributed by atoms with Gasteiger partial charge in [-0.05, 0) is 59.9 Å². The monoisotopic (exact) mass is 588 g/mol. The molecule has 0 aromatic heterocycles. The first-order valence-electron chi connectivity index (χ1n) is 14.0. The van der Waals surface area contributed by atoms with E-state index in [1.54, 1.807) is 71.4 Å². The van der Waals surface area contributed by atoms with Crippen LogP contribution in [0, 0.1) is 0 Å². The van der Waals surface area contributed by atoms with Gasteiger partial charge >= 0.3 is 5.97 Å². The quantitative estimate of drug-likeness (QED) is 0.351. The Morgan fingerprint density at radius 1 is 1.02 bits per heavy atom. The highest BCUT2D eigenvalue weighted by Gasteiger charge is 2.41. The second-order valence-corrected chi connectivity index (χ2v) is 10.9. The standard InChI is InChI=1S/C32H33ClN4O5/c1-34-29(38)16-22-9-14-27(33)24(15-22)19-36(25-12-13-25)31(40)28-17-35-18-30(39)37(28)26-10-7-21(8-11-26)20-42-32(41)23-5-3-2-4-6-23/h2-11,14-15,25,28,35H,12-13,16-20H2,1H3,(H,34,38)/t28-/m1/s1. The maximum absolute atomic E-state index is 14.0. The minimum absolute atomic E-state index is 0.0664. The molecule has 1 aliphatic heterocycles. The molecule has 1 saturated carbocycles. The maximum atomic E-state index is 14.0. The van der Waals surface area contributed by atoms with Crippen molar-refractivity contribution in [3.8, 4) is 0 Å². The van der Waals surface area contributed by atoms with Crippen LogP contribution in [0.4, 0.5) is 5.69 Å². The summed E-state index contributed by atoms with van der Waals surface area (Å²) in [4.78, 5) is 54.7. The lowest BCUT2D eigenvalue weighted by atomic mass is 10.1. The molecule has 2 N–H and O–H groups in total. The van der Waals surface area contributed by atoms with Crippen molar-refractivity contribution < 1.29 is 23.9 Å². The van der Waals surface area contributed by atoms with Crippen molar-refractivity contribution in [3.05, 3.63) is 100 Å². The second kappa shape index (κ2) is 13.2. The number of anilines is 1. The summed E-state index contributed by atoms with van der Waals surface area (Å²) in [7, 11) is 1.59. The van der Waals surface area contributed by atoms with Crippen molar-refractivity contribution in [2.75, 3.05) is 25.0 Å². The number of carbonyl (C=O) groups excluding carboxylic acids is 4. The van der Waals surface area contributed by atoms with Crippen LogP contribution in [0.1, 0.15) is 39.9 Å². The van der Waals surface area contributed by atoms with Gasteiger partial charge in [0.1, 0.15) is 12.6 Å². The molecular formula is C32H33ClN4O5. The first-order valence-corrected chi connectivity index (χ1v) is 14.3. The van der Waals surface area contributed by atoms with E-state index in [1.807, 2.05) is 18.2 Å². The van der Waals surface area contributed by atoms with E-state index in [4.69, 9.17) is 16.3 Å². The normalized spacial score (nSPS) is 16.6. The van der Waals surface area contributed by atoms with E-state index in [2.05, 4.69) is 10.6 Å². The number of ether oxygens (including phenoxy) is 1. The first kappa shape index (κ1) is 29.3. The van der Waals surface area contributed by atoms with Crippen LogP contribution in [-0.4, -0.2) is 60.8 Å². The van der Waals surface area contributed by atoms with Gasteiger partial charge in [0.25, 0.3) is 0 Å². The summed E-state index contributed by atoms with van der Waals surface area (Å²) in [5.41, 5.74) is 3.40. The lowest BCUT2D eigenvalue weighted by Crippen LogP contribution is -2.61. The Labute approximate surface area is 249 Å². The molecule has 0 unspecified atom stereocenters. The van der Waals surface area contributed by atoms with Gasteiger partial charge < -0.3 is 20.3 Å². The van der Waals surface area contributed by atoms with E-state index in [9.17, 15) is 19.2 Å². The number of esters is 1. The number of hydrogen-bond donors (Lipinski definition) is 2. The van der Waals surface area contributed by atoms with Crippen molar-refractivity contribution >= 4 is 41.0 Å². The fraction of sp³-hybridized carbons (Fsp3) is 0.312. The summed E-state index contributed by atoms with van der Waals surface area (Å²) in [6, 6.07) is 20.7. The van der Waals surface area contributed by atoms with Gasteiger partial charge in [0, 0.05) is 36.9 Å². The minimum atomic E-state index is -0.735. The number of nitrogens with one attached hydrogen (secondary N) is 2. The molecule has 10 heteroatoms. The van der Waals surface area contributed by atoms with E-state index < -0.39 is 12.0 Å². The third-order valence-electron chi connectivity index (χ3n) is 7.44. The molecular weight excluding hydrogens is 556 g/mol. The van der Waals surface area contributed by atoms with Gasteiger partial charge in [-0.25, -0.2) is 4.79 Å². The fourth-order valence-corrected chi connectivity index (χ4v) is 5.21. The fourth-order valence-electron chi connectivity index (χ4n) is 5.03. The van der Waals surface area contributed by atoms with E-state index in [1.165, 1.54) is 0 Å². The molecule has 5 rings (SSSR count). The zero-order chi connectivity index (χ0) is 29.6. The van der Waals surface area contributed by atoms with Gasteiger partial charge in [0.05, 0.1) is 18.5 Å². The zero-order valence-corrected chi connectivity index (χ0v) is 24.1. The van der Waals surface area contributed by atoms with Gasteiger partial charge in [-0.1, -0.05) is 54.1 Å². The predicted octanol–water partition coefficient (Wildman–Crippen LogP) is 3.48. The Morgan fingerprint density at radius 3 is 2.43 bits per heavy atom. The maximum Gasteiger partial charge on any atom is 0.338 e.